The van der Waals surface area contributed by atoms with Crippen LogP contribution in [0, 0.1) is 0 Å². The van der Waals surface area contributed by atoms with Crippen molar-refractivity contribution in [1.29, 1.82) is 0 Å². The van der Waals surface area contributed by atoms with Gasteiger partial charge in [-0.2, -0.15) is 0 Å². The average Bonchev–Trinajstić information content (AvgIpc) is 3.56. The molecule has 0 bridgehead atoms. The number of fused-ring (bicyclic) bond motifs is 8. The third-order valence-corrected chi connectivity index (χ3v) is 7.07. The lowest BCUT2D eigenvalue weighted by Crippen LogP contribution is -1.92. The minimum Gasteiger partial charge on any atom is -0.323 e. The molecule has 0 saturated heterocycles. The van der Waals surface area contributed by atoms with E-state index in [1.54, 1.807) is 0 Å². The van der Waals surface area contributed by atoms with E-state index in [1.807, 2.05) is 6.07 Å². The molecule has 35 heavy (non-hydrogen) atoms. The van der Waals surface area contributed by atoms with Crippen LogP contribution in [0.15, 0.2) is 115 Å². The van der Waals surface area contributed by atoms with Crippen LogP contribution < -0.4 is 0 Å². The predicted molar refractivity (Wildman–Crippen MR) is 144 cm³/mol. The number of hydrogen-bond acceptors (Lipinski definition) is 1. The van der Waals surface area contributed by atoms with Crippen molar-refractivity contribution < 1.29 is 0 Å². The van der Waals surface area contributed by atoms with Crippen molar-refractivity contribution >= 4 is 49.7 Å². The Balaban J connectivity index is 1.38. The number of imidazole rings is 2. The molecule has 0 unspecified atom stereocenters. The third kappa shape index (κ3) is 2.59. The van der Waals surface area contributed by atoms with Crippen molar-refractivity contribution in [2.75, 3.05) is 0 Å². The van der Waals surface area contributed by atoms with Crippen LogP contribution >= 0.6 is 0 Å². The van der Waals surface area contributed by atoms with Crippen LogP contribution in [0.3, 0.4) is 0 Å². The third-order valence-electron chi connectivity index (χ3n) is 7.07. The van der Waals surface area contributed by atoms with Crippen LogP contribution in [0.1, 0.15) is 0 Å². The zero-order valence-electron chi connectivity index (χ0n) is 18.8. The molecule has 8 rings (SSSR count). The quantitative estimate of drug-likeness (QED) is 0.289. The van der Waals surface area contributed by atoms with Gasteiger partial charge in [-0.3, -0.25) is 4.40 Å². The number of nitrogens with one attached hydrogen (secondary N) is 1. The first kappa shape index (κ1) is 18.6. The van der Waals surface area contributed by atoms with Crippen LogP contribution in [0.4, 0.5) is 0 Å². The fourth-order valence-electron chi connectivity index (χ4n) is 5.48. The molecule has 0 aliphatic rings. The zero-order chi connectivity index (χ0) is 22.9. The van der Waals surface area contributed by atoms with E-state index in [4.69, 9.17) is 4.98 Å². The topological polar surface area (TPSA) is 38.0 Å². The van der Waals surface area contributed by atoms with E-state index < -0.39 is 0 Å². The van der Waals surface area contributed by atoms with E-state index in [9.17, 15) is 0 Å². The molecular formula is C31H20N4. The maximum absolute atomic E-state index is 4.77. The molecule has 0 radical (unpaired) electrons. The van der Waals surface area contributed by atoms with Gasteiger partial charge in [0.05, 0.1) is 33.1 Å². The summed E-state index contributed by atoms with van der Waals surface area (Å²) in [7, 11) is 0. The summed E-state index contributed by atoms with van der Waals surface area (Å²) in [4.78, 5) is 8.24. The van der Waals surface area contributed by atoms with E-state index in [0.29, 0.717) is 0 Å². The van der Waals surface area contributed by atoms with Gasteiger partial charge in [-0.05, 0) is 65.7 Å². The molecule has 0 fully saturated rings. The second-order valence-corrected chi connectivity index (χ2v) is 9.04. The second kappa shape index (κ2) is 6.84. The van der Waals surface area contributed by atoms with E-state index >= 15 is 0 Å². The predicted octanol–water partition coefficient (Wildman–Crippen LogP) is 7.73. The van der Waals surface area contributed by atoms with Gasteiger partial charge in [-0.1, -0.05) is 60.7 Å². The number of rotatable bonds is 2. The average molecular weight is 449 g/mol. The molecule has 8 aromatic rings. The first-order valence-electron chi connectivity index (χ1n) is 11.8. The summed E-state index contributed by atoms with van der Waals surface area (Å²) in [6.45, 7) is 0. The summed E-state index contributed by atoms with van der Waals surface area (Å²) in [5, 5.41) is 2.52. The second-order valence-electron chi connectivity index (χ2n) is 9.04. The molecule has 0 aliphatic heterocycles. The van der Waals surface area contributed by atoms with Gasteiger partial charge in [0.2, 0.25) is 5.78 Å². The molecule has 5 aromatic carbocycles. The van der Waals surface area contributed by atoms with Crippen LogP contribution in [-0.2, 0) is 0 Å². The minimum absolute atomic E-state index is 0.875. The van der Waals surface area contributed by atoms with Crippen molar-refractivity contribution in [3.8, 4) is 16.8 Å². The normalized spacial score (nSPS) is 12.0. The summed E-state index contributed by atoms with van der Waals surface area (Å²) >= 11 is 0. The molecule has 0 saturated carbocycles. The highest BCUT2D eigenvalue weighted by atomic mass is 15.1. The highest BCUT2D eigenvalue weighted by Gasteiger charge is 2.14. The van der Waals surface area contributed by atoms with Crippen LogP contribution in [0.2, 0.25) is 0 Å². The van der Waals surface area contributed by atoms with Crippen LogP contribution in [0.25, 0.3) is 66.5 Å². The Morgan fingerprint density at radius 3 is 2.17 bits per heavy atom. The largest absolute Gasteiger partial charge is 0.323 e. The van der Waals surface area contributed by atoms with Gasteiger partial charge in [0.15, 0.2) is 0 Å². The number of H-pyrrole nitrogens is 1. The number of aromatic amines is 1. The zero-order valence-corrected chi connectivity index (χ0v) is 18.8. The Hall–Kier alpha value is -4.83. The molecule has 164 valence electrons. The maximum Gasteiger partial charge on any atom is 0.213 e. The fraction of sp³-hybridized carbons (Fsp3) is 0. The van der Waals surface area contributed by atoms with E-state index in [0.717, 1.165) is 27.8 Å². The van der Waals surface area contributed by atoms with E-state index in [-0.39, 0.29) is 0 Å². The summed E-state index contributed by atoms with van der Waals surface area (Å²) in [5.41, 5.74) is 10.3. The number of hydrogen-bond donors (Lipinski definition) is 1. The monoisotopic (exact) mass is 448 g/mol. The van der Waals surface area contributed by atoms with Crippen molar-refractivity contribution in [2.45, 2.75) is 0 Å². The van der Waals surface area contributed by atoms with Gasteiger partial charge in [0.25, 0.3) is 0 Å². The molecule has 3 heterocycles. The van der Waals surface area contributed by atoms with Gasteiger partial charge in [0, 0.05) is 16.5 Å². The van der Waals surface area contributed by atoms with Gasteiger partial charge in [-0.25, -0.2) is 4.98 Å². The summed E-state index contributed by atoms with van der Waals surface area (Å²) < 4.78 is 4.57. The molecule has 0 amide bonds. The van der Waals surface area contributed by atoms with E-state index in [1.165, 1.54) is 38.6 Å². The van der Waals surface area contributed by atoms with E-state index in [2.05, 4.69) is 123 Å². The van der Waals surface area contributed by atoms with Crippen LogP contribution in [0.5, 0.6) is 0 Å². The standard InChI is InChI=1S/C31H20N4/c1-2-8-22(9-3-1)34-27-12-6-4-10-23(27)24-18-20(15-17-28(24)34)21-14-16-26-30(19-21)35-29-13-7-5-11-25(29)32-31(35)33-26/h1-19H,(H,32,33). The number of benzene rings is 5. The molecule has 1 N–H and O–H groups in total. The lowest BCUT2D eigenvalue weighted by atomic mass is 10.0. The smallest absolute Gasteiger partial charge is 0.213 e. The van der Waals surface area contributed by atoms with Crippen molar-refractivity contribution in [2.24, 2.45) is 0 Å². The Bertz CT molecular complexity index is 2050. The van der Waals surface area contributed by atoms with Gasteiger partial charge in [0.1, 0.15) is 0 Å². The fourth-order valence-corrected chi connectivity index (χ4v) is 5.48. The molecule has 3 aromatic heterocycles. The number of aromatic nitrogens is 4. The summed E-state index contributed by atoms with van der Waals surface area (Å²) in [6.07, 6.45) is 0. The highest BCUT2D eigenvalue weighted by molar-refractivity contribution is 6.10. The first-order valence-corrected chi connectivity index (χ1v) is 11.8. The summed E-state index contributed by atoms with van der Waals surface area (Å²) in [5.74, 6) is 0.875. The Morgan fingerprint density at radius 2 is 1.26 bits per heavy atom. The molecule has 4 heteroatoms. The summed E-state index contributed by atoms with van der Waals surface area (Å²) in [6, 6.07) is 41.0. The SMILES string of the molecule is c1ccc(-n2c3ccccc3c3cc(-c4ccc5[nH]c6nc7ccccc7n6c5c4)ccc32)cc1. The van der Waals surface area contributed by atoms with Crippen LogP contribution in [-0.4, -0.2) is 18.9 Å². The Kier molecular flexibility index (Phi) is 3.63. The van der Waals surface area contributed by atoms with Gasteiger partial charge in [-0.15, -0.1) is 0 Å². The van der Waals surface area contributed by atoms with Crippen molar-refractivity contribution in [3.63, 3.8) is 0 Å². The molecule has 0 spiro atoms. The van der Waals surface area contributed by atoms with Crippen molar-refractivity contribution in [3.05, 3.63) is 115 Å². The van der Waals surface area contributed by atoms with Gasteiger partial charge >= 0.3 is 0 Å². The highest BCUT2D eigenvalue weighted by Crippen LogP contribution is 2.35. The van der Waals surface area contributed by atoms with Crippen molar-refractivity contribution in [1.82, 2.24) is 18.9 Å². The molecule has 0 atom stereocenters. The van der Waals surface area contributed by atoms with Gasteiger partial charge < -0.3 is 9.55 Å². The molecule has 4 nitrogen and oxygen atoms in total. The Morgan fingerprint density at radius 1 is 0.543 bits per heavy atom. The number of nitrogens with zero attached hydrogens (tertiary/aromatic N) is 3. The molecular weight excluding hydrogens is 428 g/mol. The maximum atomic E-state index is 4.77. The minimum atomic E-state index is 0.875. The lowest BCUT2D eigenvalue weighted by Gasteiger charge is -2.08. The number of para-hydroxylation sites is 4. The molecule has 0 aliphatic carbocycles. The first-order chi connectivity index (χ1) is 17.3. The lowest BCUT2D eigenvalue weighted by molar-refractivity contribution is 1.18. The Labute approximate surface area is 200 Å².